The van der Waals surface area contributed by atoms with Crippen LogP contribution in [0.3, 0.4) is 0 Å². The van der Waals surface area contributed by atoms with E-state index in [1.54, 1.807) is 24.3 Å². The Hall–Kier alpha value is -2.18. The molecule has 0 unspecified atom stereocenters. The third kappa shape index (κ3) is 6.19. The van der Waals surface area contributed by atoms with Crippen LogP contribution in [0.4, 0.5) is 0 Å². The van der Waals surface area contributed by atoms with E-state index in [-0.39, 0.29) is 16.7 Å². The fourth-order valence-corrected chi connectivity index (χ4v) is 4.01. The molecule has 0 bridgehead atoms. The van der Waals surface area contributed by atoms with Crippen LogP contribution in [-0.4, -0.2) is 26.9 Å². The number of carbonyl (C=O) groups is 1. The van der Waals surface area contributed by atoms with E-state index < -0.39 is 16.1 Å². The molecule has 2 aromatic rings. The van der Waals surface area contributed by atoms with Crippen molar-refractivity contribution in [3.8, 4) is 0 Å². The molecular weight excluding hydrogens is 360 g/mol. The molecule has 0 aliphatic rings. The quantitative estimate of drug-likeness (QED) is 0.693. The van der Waals surface area contributed by atoms with Gasteiger partial charge in [0.15, 0.2) is 0 Å². The first-order valence-corrected chi connectivity index (χ1v) is 10.7. The van der Waals surface area contributed by atoms with Gasteiger partial charge in [0, 0.05) is 6.54 Å². The fraction of sp³-hybridized carbons (Fsp3) is 0.381. The summed E-state index contributed by atoms with van der Waals surface area (Å²) in [7, 11) is -3.76. The zero-order valence-electron chi connectivity index (χ0n) is 16.1. The molecule has 0 radical (unpaired) electrons. The number of hydrogen-bond acceptors (Lipinski definition) is 3. The standard InChI is InChI=1S/C21H28N2O3S/c1-4-17(3)20(21(24)22-15-14-18-8-6-5-7-9-18)23-27(25,26)19-12-10-16(2)11-13-19/h5-13,17,20,23H,4,14-15H2,1-3H3,(H,22,24)/t17-,20+/m1/s1. The summed E-state index contributed by atoms with van der Waals surface area (Å²) < 4.78 is 28.0. The van der Waals surface area contributed by atoms with Crippen molar-refractivity contribution in [3.05, 3.63) is 65.7 Å². The summed E-state index contributed by atoms with van der Waals surface area (Å²) in [5, 5.41) is 2.86. The maximum absolute atomic E-state index is 12.7. The van der Waals surface area contributed by atoms with Crippen molar-refractivity contribution in [2.75, 3.05) is 6.54 Å². The summed E-state index contributed by atoms with van der Waals surface area (Å²) in [5.74, 6) is -0.419. The monoisotopic (exact) mass is 388 g/mol. The van der Waals surface area contributed by atoms with Crippen molar-refractivity contribution in [1.29, 1.82) is 0 Å². The van der Waals surface area contributed by atoms with Crippen molar-refractivity contribution in [2.45, 2.75) is 44.6 Å². The SMILES string of the molecule is CC[C@@H](C)[C@H](NS(=O)(=O)c1ccc(C)cc1)C(=O)NCCc1ccccc1. The molecule has 1 amide bonds. The minimum atomic E-state index is -3.76. The number of amides is 1. The van der Waals surface area contributed by atoms with Gasteiger partial charge in [-0.2, -0.15) is 4.72 Å². The van der Waals surface area contributed by atoms with Gasteiger partial charge in [-0.3, -0.25) is 4.79 Å². The Labute approximate surface area is 162 Å². The first-order chi connectivity index (χ1) is 12.8. The summed E-state index contributed by atoms with van der Waals surface area (Å²) in [6.45, 7) is 6.17. The van der Waals surface area contributed by atoms with Gasteiger partial charge in [0.2, 0.25) is 15.9 Å². The Morgan fingerprint density at radius 1 is 1.04 bits per heavy atom. The Morgan fingerprint density at radius 3 is 2.26 bits per heavy atom. The second-order valence-electron chi connectivity index (χ2n) is 6.82. The average molecular weight is 389 g/mol. The Balaban J connectivity index is 2.05. The molecule has 2 atom stereocenters. The van der Waals surface area contributed by atoms with Gasteiger partial charge in [0.1, 0.15) is 6.04 Å². The predicted molar refractivity (Wildman–Crippen MR) is 108 cm³/mol. The topological polar surface area (TPSA) is 75.3 Å². The number of aryl methyl sites for hydroxylation is 1. The molecule has 2 aromatic carbocycles. The van der Waals surface area contributed by atoms with Crippen molar-refractivity contribution in [3.63, 3.8) is 0 Å². The molecular formula is C21H28N2O3S. The maximum Gasteiger partial charge on any atom is 0.241 e. The van der Waals surface area contributed by atoms with Crippen LogP contribution in [0.2, 0.25) is 0 Å². The number of sulfonamides is 1. The van der Waals surface area contributed by atoms with E-state index in [9.17, 15) is 13.2 Å². The lowest BCUT2D eigenvalue weighted by atomic mass is 9.99. The van der Waals surface area contributed by atoms with Crippen molar-refractivity contribution in [1.82, 2.24) is 10.0 Å². The molecule has 6 heteroatoms. The Kier molecular flexibility index (Phi) is 7.56. The molecule has 27 heavy (non-hydrogen) atoms. The number of rotatable bonds is 9. The van der Waals surface area contributed by atoms with E-state index in [4.69, 9.17) is 0 Å². The van der Waals surface area contributed by atoms with Crippen LogP contribution in [0, 0.1) is 12.8 Å². The van der Waals surface area contributed by atoms with Gasteiger partial charge in [-0.05, 0) is 37.0 Å². The summed E-state index contributed by atoms with van der Waals surface area (Å²) in [6, 6.07) is 15.6. The van der Waals surface area contributed by atoms with Crippen LogP contribution >= 0.6 is 0 Å². The highest BCUT2D eigenvalue weighted by Crippen LogP contribution is 2.15. The molecule has 0 fully saturated rings. The highest BCUT2D eigenvalue weighted by atomic mass is 32.2. The summed E-state index contributed by atoms with van der Waals surface area (Å²) in [5.41, 5.74) is 2.10. The van der Waals surface area contributed by atoms with Crippen molar-refractivity contribution < 1.29 is 13.2 Å². The van der Waals surface area contributed by atoms with Crippen molar-refractivity contribution in [2.24, 2.45) is 5.92 Å². The van der Waals surface area contributed by atoms with Crippen LogP contribution < -0.4 is 10.0 Å². The molecule has 0 aromatic heterocycles. The number of benzene rings is 2. The summed E-state index contributed by atoms with van der Waals surface area (Å²) >= 11 is 0. The Morgan fingerprint density at radius 2 is 1.67 bits per heavy atom. The van der Waals surface area contributed by atoms with E-state index >= 15 is 0 Å². The molecule has 0 aliphatic carbocycles. The number of hydrogen-bond donors (Lipinski definition) is 2. The highest BCUT2D eigenvalue weighted by Gasteiger charge is 2.29. The van der Waals surface area contributed by atoms with Crippen LogP contribution in [0.15, 0.2) is 59.5 Å². The minimum Gasteiger partial charge on any atom is -0.354 e. The Bertz CT molecular complexity index is 833. The third-order valence-electron chi connectivity index (χ3n) is 4.66. The van der Waals surface area contributed by atoms with E-state index in [1.165, 1.54) is 0 Å². The lowest BCUT2D eigenvalue weighted by Gasteiger charge is -2.23. The molecule has 5 nitrogen and oxygen atoms in total. The van der Waals surface area contributed by atoms with Crippen LogP contribution in [0.25, 0.3) is 0 Å². The predicted octanol–water partition coefficient (Wildman–Crippen LogP) is 3.05. The number of nitrogens with one attached hydrogen (secondary N) is 2. The van der Waals surface area contributed by atoms with Gasteiger partial charge in [-0.15, -0.1) is 0 Å². The van der Waals surface area contributed by atoms with Crippen LogP contribution in [0.1, 0.15) is 31.4 Å². The van der Waals surface area contributed by atoms with Crippen LogP contribution in [0.5, 0.6) is 0 Å². The van der Waals surface area contributed by atoms with E-state index in [0.29, 0.717) is 19.4 Å². The molecule has 0 heterocycles. The zero-order valence-corrected chi connectivity index (χ0v) is 16.9. The summed E-state index contributed by atoms with van der Waals surface area (Å²) in [4.78, 5) is 12.8. The van der Waals surface area contributed by atoms with Gasteiger partial charge >= 0.3 is 0 Å². The molecule has 146 valence electrons. The largest absolute Gasteiger partial charge is 0.354 e. The zero-order chi connectivity index (χ0) is 19.9. The van der Waals surface area contributed by atoms with Crippen LogP contribution in [-0.2, 0) is 21.2 Å². The molecule has 0 spiro atoms. The molecule has 2 N–H and O–H groups in total. The second-order valence-corrected chi connectivity index (χ2v) is 8.54. The smallest absolute Gasteiger partial charge is 0.241 e. The second kappa shape index (κ2) is 9.67. The fourth-order valence-electron chi connectivity index (χ4n) is 2.70. The van der Waals surface area contributed by atoms with E-state index in [2.05, 4.69) is 10.0 Å². The van der Waals surface area contributed by atoms with Crippen molar-refractivity contribution >= 4 is 15.9 Å². The molecule has 2 rings (SSSR count). The van der Waals surface area contributed by atoms with Gasteiger partial charge in [0.25, 0.3) is 0 Å². The average Bonchev–Trinajstić information content (AvgIpc) is 2.66. The van der Waals surface area contributed by atoms with Gasteiger partial charge < -0.3 is 5.32 Å². The first kappa shape index (κ1) is 21.1. The summed E-state index contributed by atoms with van der Waals surface area (Å²) in [6.07, 6.45) is 1.39. The maximum atomic E-state index is 12.7. The molecule has 0 saturated heterocycles. The molecule has 0 aliphatic heterocycles. The van der Waals surface area contributed by atoms with Gasteiger partial charge in [-0.25, -0.2) is 8.42 Å². The van der Waals surface area contributed by atoms with Gasteiger partial charge in [-0.1, -0.05) is 68.3 Å². The number of carbonyl (C=O) groups excluding carboxylic acids is 1. The van der Waals surface area contributed by atoms with Gasteiger partial charge in [0.05, 0.1) is 4.90 Å². The minimum absolute atomic E-state index is 0.123. The van der Waals surface area contributed by atoms with E-state index in [0.717, 1.165) is 11.1 Å². The normalized spacial score (nSPS) is 13.7. The highest BCUT2D eigenvalue weighted by molar-refractivity contribution is 7.89. The third-order valence-corrected chi connectivity index (χ3v) is 6.12. The van der Waals surface area contributed by atoms with E-state index in [1.807, 2.05) is 51.1 Å². The first-order valence-electron chi connectivity index (χ1n) is 9.24. The lowest BCUT2D eigenvalue weighted by molar-refractivity contribution is -0.123. The lowest BCUT2D eigenvalue weighted by Crippen LogP contribution is -2.50. The molecule has 0 saturated carbocycles.